The topological polar surface area (TPSA) is 0 Å². The van der Waals surface area contributed by atoms with Crippen molar-refractivity contribution < 1.29 is 0 Å². The minimum absolute atomic E-state index is 0.890. The molecule has 0 N–H and O–H groups in total. The van der Waals surface area contributed by atoms with Crippen molar-refractivity contribution in [3.8, 4) is 0 Å². The van der Waals surface area contributed by atoms with E-state index in [1.54, 1.807) is 0 Å². The first-order chi connectivity index (χ1) is 7.84. The molecule has 3 heteroatoms. The second kappa shape index (κ2) is 6.44. The molecule has 0 aliphatic heterocycles. The average Bonchev–Trinajstić information content (AvgIpc) is 2.31. The second-order valence-corrected chi connectivity index (χ2v) is 15.6. The van der Waals surface area contributed by atoms with Crippen molar-refractivity contribution in [3.05, 3.63) is 60.7 Å². The Morgan fingerprint density at radius 1 is 0.688 bits per heavy atom. The van der Waals surface area contributed by atoms with E-state index in [9.17, 15) is 0 Å². The summed E-state index contributed by atoms with van der Waals surface area (Å²) in [5.74, 6) is 0. The molecule has 2 aromatic carbocycles. The molecule has 0 heterocycles. The van der Waals surface area contributed by atoms with Gasteiger partial charge < -0.3 is 0 Å². The van der Waals surface area contributed by atoms with Gasteiger partial charge >= 0.3 is 109 Å². The molecule has 0 aromatic heterocycles. The molecule has 0 saturated carbocycles. The zero-order valence-corrected chi connectivity index (χ0v) is 12.5. The van der Waals surface area contributed by atoms with Crippen LogP contribution in [-0.4, -0.2) is 12.3 Å². The summed E-state index contributed by atoms with van der Waals surface area (Å²) in [6.45, 7) is 0. The molecular formula is C13H13AsS2. The number of rotatable bonds is 4. The zero-order chi connectivity index (χ0) is 11.2. The summed E-state index contributed by atoms with van der Waals surface area (Å²) in [7, 11) is 4.09. The average molecular weight is 308 g/mol. The quantitative estimate of drug-likeness (QED) is 0.752. The predicted octanol–water partition coefficient (Wildman–Crippen LogP) is 4.69. The van der Waals surface area contributed by atoms with E-state index >= 15 is 0 Å². The number of benzene rings is 2. The Labute approximate surface area is 108 Å². The van der Waals surface area contributed by atoms with Crippen molar-refractivity contribution in [1.82, 2.24) is 0 Å². The van der Waals surface area contributed by atoms with Gasteiger partial charge in [-0.25, -0.2) is 0 Å². The van der Waals surface area contributed by atoms with Crippen LogP contribution in [0.15, 0.2) is 70.5 Å². The van der Waals surface area contributed by atoms with Crippen molar-refractivity contribution >= 4 is 32.4 Å². The second-order valence-electron chi connectivity index (χ2n) is 3.25. The van der Waals surface area contributed by atoms with Crippen LogP contribution in [0.2, 0.25) is 5.71 Å². The molecule has 16 heavy (non-hydrogen) atoms. The van der Waals surface area contributed by atoms with Gasteiger partial charge in [0.1, 0.15) is 0 Å². The first-order valence-corrected chi connectivity index (χ1v) is 13.1. The molecular weight excluding hydrogens is 295 g/mol. The molecule has 0 unspecified atom stereocenters. The van der Waals surface area contributed by atoms with Crippen LogP contribution in [0.25, 0.3) is 0 Å². The summed E-state index contributed by atoms with van der Waals surface area (Å²) in [5.41, 5.74) is 2.39. The van der Waals surface area contributed by atoms with Gasteiger partial charge in [-0.3, -0.25) is 0 Å². The normalized spacial score (nSPS) is 10.6. The fraction of sp³-hybridized carbons (Fsp3) is 0.0769. The number of hydrogen-bond donors (Lipinski definition) is 0. The fourth-order valence-corrected chi connectivity index (χ4v) is 11.2. The first-order valence-electron chi connectivity index (χ1n) is 5.04. The third-order valence-electron chi connectivity index (χ3n) is 1.95. The third-order valence-corrected chi connectivity index (χ3v) is 11.6. The van der Waals surface area contributed by atoms with Gasteiger partial charge in [0, 0.05) is 0 Å². The molecule has 0 radical (unpaired) electrons. The van der Waals surface area contributed by atoms with Crippen LogP contribution in [0, 0.1) is 0 Å². The molecule has 82 valence electrons. The molecule has 0 fully saturated rings. The Kier molecular flexibility index (Phi) is 4.89. The Balaban J connectivity index is 1.92. The fourth-order valence-electron chi connectivity index (χ4n) is 1.28. The Hall–Kier alpha value is -0.302. The first kappa shape index (κ1) is 12.2. The summed E-state index contributed by atoms with van der Waals surface area (Å²) < 4.78 is 0. The van der Waals surface area contributed by atoms with Gasteiger partial charge in [-0.15, -0.1) is 0 Å². The standard InChI is InChI=1S/C13H13AsS2/c1-14(15-12-8-4-2-5-9-12)16-13-10-6-3-7-11-13/h2-11H,1H3. The summed E-state index contributed by atoms with van der Waals surface area (Å²) in [4.78, 5) is 2.79. The Morgan fingerprint density at radius 3 is 1.44 bits per heavy atom. The van der Waals surface area contributed by atoms with Gasteiger partial charge in [0.05, 0.1) is 0 Å². The van der Waals surface area contributed by atoms with E-state index in [0.717, 1.165) is 0 Å². The van der Waals surface area contributed by atoms with E-state index in [1.807, 2.05) is 20.0 Å². The maximum atomic E-state index is 2.39. The summed E-state index contributed by atoms with van der Waals surface area (Å²) in [6, 6.07) is 21.4. The van der Waals surface area contributed by atoms with Crippen molar-refractivity contribution in [2.45, 2.75) is 15.5 Å². The molecule has 0 spiro atoms. The molecule has 2 aromatic rings. The van der Waals surface area contributed by atoms with E-state index < -0.39 is 12.3 Å². The van der Waals surface area contributed by atoms with Crippen LogP contribution in [0.3, 0.4) is 0 Å². The van der Waals surface area contributed by atoms with Crippen LogP contribution in [0.4, 0.5) is 0 Å². The van der Waals surface area contributed by atoms with E-state index in [0.29, 0.717) is 0 Å². The van der Waals surface area contributed by atoms with Gasteiger partial charge in [-0.05, 0) is 0 Å². The molecule has 0 bridgehead atoms. The molecule has 0 saturated heterocycles. The molecule has 0 atom stereocenters. The van der Waals surface area contributed by atoms with Crippen molar-refractivity contribution in [1.29, 1.82) is 0 Å². The van der Waals surface area contributed by atoms with Crippen LogP contribution < -0.4 is 0 Å². The Morgan fingerprint density at radius 2 is 1.06 bits per heavy atom. The van der Waals surface area contributed by atoms with Crippen LogP contribution >= 0.6 is 20.0 Å². The van der Waals surface area contributed by atoms with E-state index in [-0.39, 0.29) is 0 Å². The molecule has 0 aliphatic rings. The van der Waals surface area contributed by atoms with Crippen molar-refractivity contribution in [2.24, 2.45) is 0 Å². The number of hydrogen-bond acceptors (Lipinski definition) is 2. The Bertz CT molecular complexity index is 375. The van der Waals surface area contributed by atoms with Crippen molar-refractivity contribution in [3.63, 3.8) is 0 Å². The van der Waals surface area contributed by atoms with Gasteiger partial charge in [0.2, 0.25) is 0 Å². The summed E-state index contributed by atoms with van der Waals surface area (Å²) in [5, 5.41) is 0. The molecule has 0 aliphatic carbocycles. The van der Waals surface area contributed by atoms with Crippen LogP contribution in [0.5, 0.6) is 0 Å². The summed E-state index contributed by atoms with van der Waals surface area (Å²) in [6.07, 6.45) is 0. The van der Waals surface area contributed by atoms with Crippen molar-refractivity contribution in [2.75, 3.05) is 0 Å². The van der Waals surface area contributed by atoms with Crippen LogP contribution in [-0.2, 0) is 0 Å². The van der Waals surface area contributed by atoms with E-state index in [1.165, 1.54) is 9.79 Å². The van der Waals surface area contributed by atoms with Gasteiger partial charge in [-0.2, -0.15) is 0 Å². The monoisotopic (exact) mass is 308 g/mol. The zero-order valence-electron chi connectivity index (χ0n) is 9.04. The predicted molar refractivity (Wildman–Crippen MR) is 76.2 cm³/mol. The molecule has 0 amide bonds. The molecule has 2 rings (SSSR count). The van der Waals surface area contributed by atoms with Crippen LogP contribution in [0.1, 0.15) is 0 Å². The van der Waals surface area contributed by atoms with E-state index in [4.69, 9.17) is 0 Å². The molecule has 0 nitrogen and oxygen atoms in total. The minimum atomic E-state index is -0.890. The SMILES string of the molecule is C[As](Sc1ccccc1)Sc1ccccc1. The summed E-state index contributed by atoms with van der Waals surface area (Å²) >= 11 is -0.890. The van der Waals surface area contributed by atoms with Gasteiger partial charge in [0.25, 0.3) is 0 Å². The maximum absolute atomic E-state index is 2.39. The van der Waals surface area contributed by atoms with Gasteiger partial charge in [-0.1, -0.05) is 0 Å². The van der Waals surface area contributed by atoms with Gasteiger partial charge in [0.15, 0.2) is 0 Å². The third kappa shape index (κ3) is 3.93. The van der Waals surface area contributed by atoms with E-state index in [2.05, 4.69) is 66.4 Å².